The van der Waals surface area contributed by atoms with Gasteiger partial charge in [-0.3, -0.25) is 9.36 Å². The van der Waals surface area contributed by atoms with Gasteiger partial charge in [0.05, 0.1) is 6.61 Å². The van der Waals surface area contributed by atoms with Crippen molar-refractivity contribution in [3.63, 3.8) is 0 Å². The van der Waals surface area contributed by atoms with Crippen LogP contribution < -0.4 is 0 Å². The molecule has 0 aliphatic carbocycles. The molecule has 0 spiro atoms. The monoisotopic (exact) mass is 448 g/mol. The van der Waals surface area contributed by atoms with Gasteiger partial charge in [-0.25, -0.2) is 4.39 Å². The average molecular weight is 448 g/mol. The SMILES string of the molecule is CCOP(C)(=O)C(Cc1nc(C(F)(F)c2ccc(F)cc2)no1)C(=O)OC(C)(C)C. The quantitative estimate of drug-likeness (QED) is 0.432. The molecule has 0 fully saturated rings. The largest absolute Gasteiger partial charge is 0.459 e. The van der Waals surface area contributed by atoms with Crippen molar-refractivity contribution in [3.8, 4) is 0 Å². The Bertz CT molecular complexity index is 925. The zero-order valence-corrected chi connectivity index (χ0v) is 18.2. The number of rotatable bonds is 8. The number of aromatic nitrogens is 2. The zero-order valence-electron chi connectivity index (χ0n) is 17.3. The third-order valence-corrected chi connectivity index (χ3v) is 6.25. The highest BCUT2D eigenvalue weighted by Crippen LogP contribution is 2.50. The van der Waals surface area contributed by atoms with Gasteiger partial charge in [0.25, 0.3) is 0 Å². The second-order valence-electron chi connectivity index (χ2n) is 7.67. The van der Waals surface area contributed by atoms with Gasteiger partial charge in [-0.05, 0) is 52.0 Å². The van der Waals surface area contributed by atoms with Crippen LogP contribution in [0.15, 0.2) is 28.8 Å². The van der Waals surface area contributed by atoms with Crippen LogP contribution in [0, 0.1) is 5.82 Å². The summed E-state index contributed by atoms with van der Waals surface area (Å²) < 4.78 is 70.6. The van der Waals surface area contributed by atoms with E-state index in [1.165, 1.54) is 6.66 Å². The number of esters is 1. The Labute approximate surface area is 172 Å². The highest BCUT2D eigenvalue weighted by atomic mass is 31.2. The van der Waals surface area contributed by atoms with E-state index in [9.17, 15) is 22.5 Å². The van der Waals surface area contributed by atoms with E-state index in [4.69, 9.17) is 13.8 Å². The van der Waals surface area contributed by atoms with Crippen LogP contribution in [0.5, 0.6) is 0 Å². The molecule has 1 aromatic carbocycles. The third-order valence-electron chi connectivity index (χ3n) is 3.95. The molecule has 2 aromatic rings. The van der Waals surface area contributed by atoms with Gasteiger partial charge in [-0.2, -0.15) is 13.8 Å². The van der Waals surface area contributed by atoms with Gasteiger partial charge in [-0.1, -0.05) is 5.16 Å². The smallest absolute Gasteiger partial charge is 0.335 e. The van der Waals surface area contributed by atoms with Crippen LogP contribution in [0.1, 0.15) is 45.0 Å². The fraction of sp³-hybridized carbons (Fsp3) is 0.526. The minimum Gasteiger partial charge on any atom is -0.459 e. The number of carbonyl (C=O) groups is 1. The van der Waals surface area contributed by atoms with Crippen molar-refractivity contribution in [1.29, 1.82) is 0 Å². The van der Waals surface area contributed by atoms with Crippen molar-refractivity contribution in [3.05, 3.63) is 47.4 Å². The van der Waals surface area contributed by atoms with Gasteiger partial charge in [-0.15, -0.1) is 0 Å². The van der Waals surface area contributed by atoms with Crippen LogP contribution in [-0.4, -0.2) is 40.6 Å². The first-order valence-corrected chi connectivity index (χ1v) is 11.3. The summed E-state index contributed by atoms with van der Waals surface area (Å²) in [7, 11) is -3.54. The molecular formula is C19H24F3N2O5P. The van der Waals surface area contributed by atoms with Gasteiger partial charge in [0.2, 0.25) is 19.1 Å². The molecule has 0 radical (unpaired) electrons. The highest BCUT2D eigenvalue weighted by molar-refractivity contribution is 7.60. The number of hydrogen-bond acceptors (Lipinski definition) is 7. The van der Waals surface area contributed by atoms with E-state index in [-0.39, 0.29) is 12.5 Å². The van der Waals surface area contributed by atoms with E-state index < -0.39 is 54.1 Å². The van der Waals surface area contributed by atoms with E-state index in [0.29, 0.717) is 0 Å². The Morgan fingerprint density at radius 2 is 1.83 bits per heavy atom. The zero-order chi connectivity index (χ0) is 22.7. The molecule has 0 aliphatic rings. The van der Waals surface area contributed by atoms with Crippen molar-refractivity contribution in [2.24, 2.45) is 0 Å². The summed E-state index contributed by atoms with van der Waals surface area (Å²) in [6, 6.07) is 3.59. The molecule has 30 heavy (non-hydrogen) atoms. The first-order chi connectivity index (χ1) is 13.8. The number of alkyl halides is 2. The molecule has 0 amide bonds. The number of benzene rings is 1. The predicted molar refractivity (Wildman–Crippen MR) is 102 cm³/mol. The van der Waals surface area contributed by atoms with Gasteiger partial charge >= 0.3 is 11.9 Å². The summed E-state index contributed by atoms with van der Waals surface area (Å²) in [5.74, 6) is -6.45. The fourth-order valence-corrected chi connectivity index (χ4v) is 4.19. The van der Waals surface area contributed by atoms with Crippen LogP contribution in [0.4, 0.5) is 13.2 Å². The van der Waals surface area contributed by atoms with Crippen LogP contribution in [-0.2, 0) is 31.0 Å². The van der Waals surface area contributed by atoms with E-state index in [0.717, 1.165) is 24.3 Å². The normalized spacial score (nSPS) is 15.5. The Hall–Kier alpha value is -2.19. The van der Waals surface area contributed by atoms with E-state index in [1.54, 1.807) is 27.7 Å². The maximum Gasteiger partial charge on any atom is 0.335 e. The maximum absolute atomic E-state index is 14.6. The van der Waals surface area contributed by atoms with Gasteiger partial charge in [0.1, 0.15) is 17.1 Å². The molecule has 7 nitrogen and oxygen atoms in total. The standard InChI is InChI=1S/C19H24F3N2O5P/c1-6-27-30(5,26)14(16(25)28-18(2,3)4)11-15-23-17(24-29-15)19(21,22)12-7-9-13(20)10-8-12/h7-10,14H,6,11H2,1-5H3. The predicted octanol–water partition coefficient (Wildman–Crippen LogP) is 4.55. The van der Waals surface area contributed by atoms with Gasteiger partial charge < -0.3 is 13.8 Å². The van der Waals surface area contributed by atoms with Crippen molar-refractivity contribution in [1.82, 2.24) is 10.1 Å². The number of hydrogen-bond donors (Lipinski definition) is 0. The summed E-state index contributed by atoms with van der Waals surface area (Å²) in [5.41, 5.74) is -2.71. The lowest BCUT2D eigenvalue weighted by atomic mass is 10.1. The van der Waals surface area contributed by atoms with Crippen molar-refractivity contribution < 1.29 is 36.3 Å². The Balaban J connectivity index is 2.31. The molecule has 2 unspecified atom stereocenters. The lowest BCUT2D eigenvalue weighted by Crippen LogP contribution is -2.33. The van der Waals surface area contributed by atoms with Crippen LogP contribution in [0.2, 0.25) is 0 Å². The third kappa shape index (κ3) is 5.92. The first-order valence-electron chi connectivity index (χ1n) is 9.18. The Morgan fingerprint density at radius 1 is 1.23 bits per heavy atom. The number of nitrogens with zero attached hydrogens (tertiary/aromatic N) is 2. The topological polar surface area (TPSA) is 91.5 Å². The average Bonchev–Trinajstić information content (AvgIpc) is 3.08. The number of ether oxygens (including phenoxy) is 1. The van der Waals surface area contributed by atoms with Gasteiger partial charge in [0, 0.05) is 18.6 Å². The number of carbonyl (C=O) groups excluding carboxylic acids is 1. The van der Waals surface area contributed by atoms with E-state index in [2.05, 4.69) is 10.1 Å². The van der Waals surface area contributed by atoms with Crippen LogP contribution in [0.25, 0.3) is 0 Å². The van der Waals surface area contributed by atoms with Crippen molar-refractivity contribution in [2.45, 2.75) is 51.3 Å². The molecule has 0 aliphatic heterocycles. The fourth-order valence-electron chi connectivity index (χ4n) is 2.58. The summed E-state index contributed by atoms with van der Waals surface area (Å²) >= 11 is 0. The van der Waals surface area contributed by atoms with Crippen molar-refractivity contribution >= 4 is 13.3 Å². The van der Waals surface area contributed by atoms with Gasteiger partial charge in [0.15, 0.2) is 0 Å². The summed E-state index contributed by atoms with van der Waals surface area (Å²) in [6.07, 6.45) is -0.408. The molecular weight excluding hydrogens is 424 g/mol. The molecule has 0 saturated carbocycles. The maximum atomic E-state index is 14.6. The molecule has 0 bridgehead atoms. The van der Waals surface area contributed by atoms with Crippen molar-refractivity contribution in [2.75, 3.05) is 13.3 Å². The molecule has 0 N–H and O–H groups in total. The Morgan fingerprint density at radius 3 is 2.37 bits per heavy atom. The molecule has 0 saturated heterocycles. The molecule has 1 aromatic heterocycles. The summed E-state index contributed by atoms with van der Waals surface area (Å²) in [4.78, 5) is 16.3. The summed E-state index contributed by atoms with van der Waals surface area (Å²) in [5, 5.41) is 3.29. The molecule has 2 atom stereocenters. The second-order valence-corrected chi connectivity index (χ2v) is 10.4. The minimum absolute atomic E-state index is 0.0742. The highest BCUT2D eigenvalue weighted by Gasteiger charge is 2.43. The Kier molecular flexibility index (Phi) is 7.14. The molecule has 166 valence electrons. The molecule has 11 heteroatoms. The lowest BCUT2D eigenvalue weighted by Gasteiger charge is -2.26. The first kappa shape index (κ1) is 24.1. The van der Waals surface area contributed by atoms with E-state index in [1.807, 2.05) is 0 Å². The van der Waals surface area contributed by atoms with E-state index >= 15 is 0 Å². The molecule has 2 rings (SSSR count). The number of halogens is 3. The van der Waals surface area contributed by atoms with Crippen LogP contribution in [0.3, 0.4) is 0 Å². The second kappa shape index (κ2) is 8.89. The minimum atomic E-state index is -3.66. The summed E-state index contributed by atoms with van der Waals surface area (Å²) in [6.45, 7) is 7.85. The van der Waals surface area contributed by atoms with Crippen LogP contribution >= 0.6 is 7.37 Å². The lowest BCUT2D eigenvalue weighted by molar-refractivity contribution is -0.154. The molecule has 1 heterocycles.